The van der Waals surface area contributed by atoms with Gasteiger partial charge in [-0.1, -0.05) is 6.42 Å². The Morgan fingerprint density at radius 3 is 3.00 bits per heavy atom. The van der Waals surface area contributed by atoms with E-state index in [0.717, 1.165) is 13.1 Å². The predicted octanol–water partition coefficient (Wildman–Crippen LogP) is 2.12. The number of nitrogens with zero attached hydrogens (tertiary/aromatic N) is 2. The molecule has 0 aliphatic carbocycles. The van der Waals surface area contributed by atoms with E-state index in [1.165, 1.54) is 25.0 Å². The number of hydrogen-bond donors (Lipinski definition) is 1. The van der Waals surface area contributed by atoms with E-state index in [4.69, 9.17) is 4.74 Å². The Morgan fingerprint density at radius 2 is 2.35 bits per heavy atom. The van der Waals surface area contributed by atoms with Crippen molar-refractivity contribution in [1.29, 1.82) is 0 Å². The summed E-state index contributed by atoms with van der Waals surface area (Å²) in [5, 5.41) is 3.56. The molecular weight excluding hydrogens is 214 g/mol. The molecule has 4 nitrogen and oxygen atoms in total. The van der Waals surface area contributed by atoms with E-state index in [1.807, 2.05) is 12.5 Å². The fourth-order valence-corrected chi connectivity index (χ4v) is 2.33. The van der Waals surface area contributed by atoms with E-state index in [0.29, 0.717) is 6.04 Å². The lowest BCUT2D eigenvalue weighted by molar-refractivity contribution is 0.00719. The highest BCUT2D eigenvalue weighted by atomic mass is 16.5. The van der Waals surface area contributed by atoms with Crippen LogP contribution in [0.4, 0.5) is 0 Å². The van der Waals surface area contributed by atoms with Crippen LogP contribution in [-0.2, 0) is 11.3 Å². The Morgan fingerprint density at radius 1 is 1.53 bits per heavy atom. The molecule has 17 heavy (non-hydrogen) atoms. The van der Waals surface area contributed by atoms with Crippen molar-refractivity contribution in [2.75, 3.05) is 13.7 Å². The smallest absolute Gasteiger partial charge is 0.0949 e. The maximum absolute atomic E-state index is 5.48. The molecule has 0 radical (unpaired) electrons. The van der Waals surface area contributed by atoms with Crippen molar-refractivity contribution in [3.05, 3.63) is 18.2 Å². The molecule has 96 valence electrons. The van der Waals surface area contributed by atoms with Crippen molar-refractivity contribution in [3.8, 4) is 0 Å². The Balaban J connectivity index is 2.10. The maximum Gasteiger partial charge on any atom is 0.0949 e. The topological polar surface area (TPSA) is 39.1 Å². The van der Waals surface area contributed by atoms with Crippen molar-refractivity contribution in [3.63, 3.8) is 0 Å². The molecule has 2 heterocycles. The summed E-state index contributed by atoms with van der Waals surface area (Å²) < 4.78 is 7.70. The summed E-state index contributed by atoms with van der Waals surface area (Å²) in [4.78, 5) is 4.28. The van der Waals surface area contributed by atoms with Gasteiger partial charge in [0, 0.05) is 19.3 Å². The zero-order valence-corrected chi connectivity index (χ0v) is 11.1. The molecule has 0 amide bonds. The summed E-state index contributed by atoms with van der Waals surface area (Å²) in [5.41, 5.74) is 1.14. The minimum Gasteiger partial charge on any atom is -0.377 e. The number of rotatable bonds is 4. The number of piperidine rings is 1. The highest BCUT2D eigenvalue weighted by molar-refractivity contribution is 5.07. The quantitative estimate of drug-likeness (QED) is 0.872. The fraction of sp³-hybridized carbons (Fsp3) is 0.769. The standard InChI is InChI=1S/C13H23N3O/c1-13(2,17-3)9-16-10-14-8-12(16)11-6-4-5-7-15-11/h8,10-11,15H,4-7,9H2,1-3H3. The summed E-state index contributed by atoms with van der Waals surface area (Å²) in [7, 11) is 1.76. The number of imidazole rings is 1. The van der Waals surface area contributed by atoms with Crippen LogP contribution >= 0.6 is 0 Å². The maximum atomic E-state index is 5.48. The lowest BCUT2D eigenvalue weighted by Crippen LogP contribution is -2.33. The first-order valence-electron chi connectivity index (χ1n) is 6.41. The molecule has 1 N–H and O–H groups in total. The lowest BCUT2D eigenvalue weighted by Gasteiger charge is -2.28. The first kappa shape index (κ1) is 12.6. The van der Waals surface area contributed by atoms with Crippen molar-refractivity contribution in [1.82, 2.24) is 14.9 Å². The van der Waals surface area contributed by atoms with Crippen molar-refractivity contribution < 1.29 is 4.74 Å². The zero-order valence-electron chi connectivity index (χ0n) is 11.1. The van der Waals surface area contributed by atoms with E-state index >= 15 is 0 Å². The van der Waals surface area contributed by atoms with Crippen LogP contribution in [0.3, 0.4) is 0 Å². The molecular formula is C13H23N3O. The van der Waals surface area contributed by atoms with E-state index in [-0.39, 0.29) is 5.60 Å². The second-order valence-electron chi connectivity index (χ2n) is 5.41. The minimum absolute atomic E-state index is 0.149. The van der Waals surface area contributed by atoms with Crippen molar-refractivity contribution in [2.45, 2.75) is 51.3 Å². The van der Waals surface area contributed by atoms with Gasteiger partial charge in [0.25, 0.3) is 0 Å². The summed E-state index contributed by atoms with van der Waals surface area (Å²) in [6, 6.07) is 0.457. The van der Waals surface area contributed by atoms with Crippen LogP contribution in [0.2, 0.25) is 0 Å². The van der Waals surface area contributed by atoms with Crippen LogP contribution in [-0.4, -0.2) is 28.8 Å². The molecule has 1 saturated heterocycles. The molecule has 0 bridgehead atoms. The van der Waals surface area contributed by atoms with Crippen LogP contribution in [0.5, 0.6) is 0 Å². The first-order chi connectivity index (χ1) is 8.12. The normalized spacial score (nSPS) is 21.7. The number of hydrogen-bond acceptors (Lipinski definition) is 3. The number of ether oxygens (including phenoxy) is 1. The monoisotopic (exact) mass is 237 g/mol. The third kappa shape index (κ3) is 3.07. The third-order valence-electron chi connectivity index (χ3n) is 3.52. The summed E-state index contributed by atoms with van der Waals surface area (Å²) in [6.07, 6.45) is 7.69. The highest BCUT2D eigenvalue weighted by Gasteiger charge is 2.22. The lowest BCUT2D eigenvalue weighted by atomic mass is 10.0. The van der Waals surface area contributed by atoms with Gasteiger partial charge in [0.05, 0.1) is 24.2 Å². The van der Waals surface area contributed by atoms with Crippen molar-refractivity contribution >= 4 is 0 Å². The molecule has 1 atom stereocenters. The fourth-order valence-electron chi connectivity index (χ4n) is 2.33. The molecule has 0 aromatic carbocycles. The molecule has 1 unspecified atom stereocenters. The van der Waals surface area contributed by atoms with Crippen molar-refractivity contribution in [2.24, 2.45) is 0 Å². The van der Waals surface area contributed by atoms with Crippen LogP contribution in [0.25, 0.3) is 0 Å². The van der Waals surface area contributed by atoms with Gasteiger partial charge in [-0.3, -0.25) is 0 Å². The third-order valence-corrected chi connectivity index (χ3v) is 3.52. The number of nitrogens with one attached hydrogen (secondary N) is 1. The van der Waals surface area contributed by atoms with Crippen LogP contribution in [0, 0.1) is 0 Å². The van der Waals surface area contributed by atoms with Gasteiger partial charge < -0.3 is 14.6 Å². The molecule has 2 rings (SSSR count). The van der Waals surface area contributed by atoms with Gasteiger partial charge in [0.1, 0.15) is 0 Å². The molecule has 1 aromatic heterocycles. The number of aromatic nitrogens is 2. The molecule has 1 aliphatic rings. The molecule has 1 fully saturated rings. The highest BCUT2D eigenvalue weighted by Crippen LogP contribution is 2.24. The average Bonchev–Trinajstić information content (AvgIpc) is 2.77. The Labute approximate surface area is 103 Å². The summed E-state index contributed by atoms with van der Waals surface area (Å²) in [6.45, 7) is 6.16. The molecule has 0 saturated carbocycles. The largest absolute Gasteiger partial charge is 0.377 e. The minimum atomic E-state index is -0.149. The van der Waals surface area contributed by atoms with E-state index in [1.54, 1.807) is 7.11 Å². The van der Waals surface area contributed by atoms with Gasteiger partial charge in [-0.15, -0.1) is 0 Å². The molecule has 1 aliphatic heterocycles. The summed E-state index contributed by atoms with van der Waals surface area (Å²) in [5.74, 6) is 0. The molecule has 0 spiro atoms. The van der Waals surface area contributed by atoms with Gasteiger partial charge in [0.2, 0.25) is 0 Å². The Hall–Kier alpha value is -0.870. The molecule has 1 aromatic rings. The SMILES string of the molecule is COC(C)(C)Cn1cncc1C1CCCCN1. The van der Waals surface area contributed by atoms with Gasteiger partial charge >= 0.3 is 0 Å². The predicted molar refractivity (Wildman–Crippen MR) is 67.9 cm³/mol. The van der Waals surface area contributed by atoms with E-state index in [2.05, 4.69) is 28.7 Å². The first-order valence-corrected chi connectivity index (χ1v) is 6.41. The Kier molecular flexibility index (Phi) is 3.84. The zero-order chi connectivity index (χ0) is 12.3. The van der Waals surface area contributed by atoms with Crippen LogP contribution < -0.4 is 5.32 Å². The van der Waals surface area contributed by atoms with Gasteiger partial charge in [-0.2, -0.15) is 0 Å². The average molecular weight is 237 g/mol. The van der Waals surface area contributed by atoms with Crippen LogP contribution in [0.1, 0.15) is 44.8 Å². The second-order valence-corrected chi connectivity index (χ2v) is 5.41. The van der Waals surface area contributed by atoms with Gasteiger partial charge in [-0.25, -0.2) is 4.98 Å². The molecule has 4 heteroatoms. The van der Waals surface area contributed by atoms with Gasteiger partial charge in [0.15, 0.2) is 0 Å². The van der Waals surface area contributed by atoms with Gasteiger partial charge in [-0.05, 0) is 33.2 Å². The second kappa shape index (κ2) is 5.19. The summed E-state index contributed by atoms with van der Waals surface area (Å²) >= 11 is 0. The number of methoxy groups -OCH3 is 1. The van der Waals surface area contributed by atoms with Crippen LogP contribution in [0.15, 0.2) is 12.5 Å². The van der Waals surface area contributed by atoms with E-state index in [9.17, 15) is 0 Å². The Bertz CT molecular complexity index is 353. The van der Waals surface area contributed by atoms with E-state index < -0.39 is 0 Å².